The molecule has 0 aliphatic heterocycles. The normalized spacial score (nSPS) is 14.2. The molecule has 0 amide bonds. The fraction of sp³-hybridized carbons (Fsp3) is 0.500. The minimum atomic E-state index is -4.80. The van der Waals surface area contributed by atoms with Crippen molar-refractivity contribution in [3.63, 3.8) is 0 Å². The molecular weight excluding hydrogens is 329 g/mol. The minimum absolute atomic E-state index is 0.0430. The summed E-state index contributed by atoms with van der Waals surface area (Å²) >= 11 is 5.66. The van der Waals surface area contributed by atoms with E-state index in [1.807, 2.05) is 6.92 Å². The van der Waals surface area contributed by atoms with Crippen molar-refractivity contribution in [2.24, 2.45) is 0 Å². The maximum Gasteiger partial charge on any atom is 0.417 e. The molecule has 0 spiro atoms. The van der Waals surface area contributed by atoms with E-state index in [0.29, 0.717) is 12.6 Å². The second kappa shape index (κ2) is 6.95. The van der Waals surface area contributed by atoms with Crippen molar-refractivity contribution in [3.05, 3.63) is 28.8 Å². The van der Waals surface area contributed by atoms with E-state index in [1.54, 1.807) is 6.92 Å². The number of hydrogen-bond donors (Lipinski definition) is 2. The minimum Gasteiger partial charge on any atom is -0.313 e. The summed E-state index contributed by atoms with van der Waals surface area (Å²) in [6, 6.07) is 2.64. The van der Waals surface area contributed by atoms with Crippen LogP contribution < -0.4 is 10.0 Å². The van der Waals surface area contributed by atoms with Crippen molar-refractivity contribution in [2.75, 3.05) is 13.1 Å². The first-order valence-electron chi connectivity index (χ1n) is 6.18. The predicted molar refractivity (Wildman–Crippen MR) is 74.8 cm³/mol. The van der Waals surface area contributed by atoms with Crippen molar-refractivity contribution >= 4 is 21.6 Å². The van der Waals surface area contributed by atoms with Gasteiger partial charge in [0, 0.05) is 12.6 Å². The molecule has 1 atom stereocenters. The van der Waals surface area contributed by atoms with Gasteiger partial charge in [-0.3, -0.25) is 0 Å². The summed E-state index contributed by atoms with van der Waals surface area (Å²) in [5, 5.41) is 2.48. The van der Waals surface area contributed by atoms with Gasteiger partial charge in [-0.25, -0.2) is 13.1 Å². The van der Waals surface area contributed by atoms with Crippen LogP contribution in [-0.4, -0.2) is 27.5 Å². The molecule has 0 unspecified atom stereocenters. The molecule has 0 bridgehead atoms. The van der Waals surface area contributed by atoms with Gasteiger partial charge in [0.25, 0.3) is 0 Å². The third-order valence-corrected chi connectivity index (χ3v) is 4.62. The third-order valence-electron chi connectivity index (χ3n) is 2.67. The van der Waals surface area contributed by atoms with Crippen LogP contribution in [0.1, 0.15) is 19.4 Å². The SMILES string of the molecule is CCN[C@H](C)CNS(=O)(=O)c1c(Cl)cccc1C(F)(F)F. The summed E-state index contributed by atoms with van der Waals surface area (Å²) in [6.45, 7) is 4.12. The number of benzene rings is 1. The van der Waals surface area contributed by atoms with E-state index in [2.05, 4.69) is 10.0 Å². The summed E-state index contributed by atoms with van der Waals surface area (Å²) in [5.41, 5.74) is -1.28. The molecule has 0 aliphatic carbocycles. The molecule has 0 saturated carbocycles. The molecule has 1 aromatic rings. The van der Waals surface area contributed by atoms with Gasteiger partial charge < -0.3 is 5.32 Å². The Hall–Kier alpha value is -0.830. The van der Waals surface area contributed by atoms with Gasteiger partial charge in [-0.1, -0.05) is 24.6 Å². The Labute approximate surface area is 126 Å². The molecule has 0 fully saturated rings. The summed E-state index contributed by atoms with van der Waals surface area (Å²) in [7, 11) is -4.36. The van der Waals surface area contributed by atoms with Gasteiger partial charge in [-0.15, -0.1) is 0 Å². The maximum atomic E-state index is 12.9. The second-order valence-electron chi connectivity index (χ2n) is 4.42. The van der Waals surface area contributed by atoms with Crippen LogP contribution in [0.3, 0.4) is 0 Å². The standard InChI is InChI=1S/C12H16ClF3N2O2S/c1-3-17-8(2)7-18-21(19,20)11-9(12(14,15)16)5-4-6-10(11)13/h4-6,8,17-18H,3,7H2,1-2H3/t8-/m1/s1. The summed E-state index contributed by atoms with van der Waals surface area (Å²) < 4.78 is 65.1. The van der Waals surface area contributed by atoms with Gasteiger partial charge in [-0.2, -0.15) is 13.2 Å². The van der Waals surface area contributed by atoms with Crippen LogP contribution in [0.4, 0.5) is 13.2 Å². The number of alkyl halides is 3. The average molecular weight is 345 g/mol. The lowest BCUT2D eigenvalue weighted by molar-refractivity contribution is -0.139. The summed E-state index contributed by atoms with van der Waals surface area (Å²) in [4.78, 5) is -0.942. The molecule has 0 aromatic heterocycles. The highest BCUT2D eigenvalue weighted by atomic mass is 35.5. The van der Waals surface area contributed by atoms with E-state index in [1.165, 1.54) is 0 Å². The van der Waals surface area contributed by atoms with Crippen LogP contribution in [0.5, 0.6) is 0 Å². The van der Waals surface area contributed by atoms with E-state index in [4.69, 9.17) is 11.6 Å². The monoisotopic (exact) mass is 344 g/mol. The van der Waals surface area contributed by atoms with Crippen LogP contribution in [0.2, 0.25) is 5.02 Å². The topological polar surface area (TPSA) is 58.2 Å². The van der Waals surface area contributed by atoms with Gasteiger partial charge in [0.15, 0.2) is 0 Å². The first-order valence-corrected chi connectivity index (χ1v) is 8.04. The molecule has 120 valence electrons. The first kappa shape index (κ1) is 18.2. The molecule has 21 heavy (non-hydrogen) atoms. The maximum absolute atomic E-state index is 12.9. The third kappa shape index (κ3) is 4.84. The lowest BCUT2D eigenvalue weighted by atomic mass is 10.2. The highest BCUT2D eigenvalue weighted by Crippen LogP contribution is 2.37. The van der Waals surface area contributed by atoms with Gasteiger partial charge in [0.05, 0.1) is 10.6 Å². The van der Waals surface area contributed by atoms with Gasteiger partial charge in [-0.05, 0) is 25.6 Å². The van der Waals surface area contributed by atoms with Gasteiger partial charge in [0.1, 0.15) is 4.90 Å². The summed E-state index contributed by atoms with van der Waals surface area (Å²) in [6.07, 6.45) is -4.80. The van der Waals surface area contributed by atoms with Crippen molar-refractivity contribution in [3.8, 4) is 0 Å². The van der Waals surface area contributed by atoms with Gasteiger partial charge in [0.2, 0.25) is 10.0 Å². The van der Waals surface area contributed by atoms with Crippen LogP contribution in [0.15, 0.2) is 23.1 Å². The molecule has 1 aromatic carbocycles. The number of nitrogens with one attached hydrogen (secondary N) is 2. The Morgan fingerprint density at radius 2 is 1.95 bits per heavy atom. The zero-order valence-corrected chi connectivity index (χ0v) is 13.0. The average Bonchev–Trinajstić information content (AvgIpc) is 2.35. The Morgan fingerprint density at radius 1 is 1.33 bits per heavy atom. The van der Waals surface area contributed by atoms with Crippen LogP contribution >= 0.6 is 11.6 Å². The van der Waals surface area contributed by atoms with Crippen LogP contribution in [-0.2, 0) is 16.2 Å². The molecule has 0 aliphatic rings. The number of sulfonamides is 1. The number of likely N-dealkylation sites (N-methyl/N-ethyl adjacent to an activating group) is 1. The molecule has 4 nitrogen and oxygen atoms in total. The van der Waals surface area contributed by atoms with Crippen molar-refractivity contribution in [2.45, 2.75) is 31.0 Å². The van der Waals surface area contributed by atoms with E-state index >= 15 is 0 Å². The van der Waals surface area contributed by atoms with Crippen molar-refractivity contribution < 1.29 is 21.6 Å². The zero-order valence-electron chi connectivity index (χ0n) is 11.5. The van der Waals surface area contributed by atoms with E-state index in [9.17, 15) is 21.6 Å². The molecule has 2 N–H and O–H groups in total. The quantitative estimate of drug-likeness (QED) is 0.834. The molecule has 0 radical (unpaired) electrons. The lowest BCUT2D eigenvalue weighted by Gasteiger charge is -2.17. The second-order valence-corrected chi connectivity index (χ2v) is 6.54. The van der Waals surface area contributed by atoms with E-state index < -0.39 is 31.7 Å². The summed E-state index contributed by atoms with van der Waals surface area (Å²) in [5.74, 6) is 0. The Kier molecular flexibility index (Phi) is 6.03. The Balaban J connectivity index is 3.14. The largest absolute Gasteiger partial charge is 0.417 e. The fourth-order valence-corrected chi connectivity index (χ4v) is 3.62. The highest BCUT2D eigenvalue weighted by molar-refractivity contribution is 7.89. The smallest absolute Gasteiger partial charge is 0.313 e. The number of halogens is 4. The van der Waals surface area contributed by atoms with Gasteiger partial charge >= 0.3 is 6.18 Å². The van der Waals surface area contributed by atoms with Crippen LogP contribution in [0, 0.1) is 0 Å². The molecule has 0 saturated heterocycles. The fourth-order valence-electron chi connectivity index (χ4n) is 1.73. The highest BCUT2D eigenvalue weighted by Gasteiger charge is 2.38. The first-order chi connectivity index (χ1) is 9.59. The Bertz CT molecular complexity index is 591. The Morgan fingerprint density at radius 3 is 2.48 bits per heavy atom. The zero-order chi connectivity index (χ0) is 16.3. The number of hydrogen-bond acceptors (Lipinski definition) is 3. The molecule has 1 rings (SSSR count). The van der Waals surface area contributed by atoms with Crippen molar-refractivity contribution in [1.29, 1.82) is 0 Å². The predicted octanol–water partition coefficient (Wildman–Crippen LogP) is 2.64. The van der Waals surface area contributed by atoms with Crippen LogP contribution in [0.25, 0.3) is 0 Å². The van der Waals surface area contributed by atoms with Crippen molar-refractivity contribution in [1.82, 2.24) is 10.0 Å². The van der Waals surface area contributed by atoms with E-state index in [-0.39, 0.29) is 12.6 Å². The molecular formula is C12H16ClF3N2O2S. The van der Waals surface area contributed by atoms with E-state index in [0.717, 1.165) is 12.1 Å². The lowest BCUT2D eigenvalue weighted by Crippen LogP contribution is -2.39. The molecule has 0 heterocycles. The number of rotatable bonds is 6. The molecule has 9 heteroatoms.